The molecule has 1 fully saturated rings. The van der Waals surface area contributed by atoms with Gasteiger partial charge in [0.2, 0.25) is 0 Å². The number of thiazole rings is 1. The highest BCUT2D eigenvalue weighted by Gasteiger charge is 2.34. The molecule has 3 unspecified atom stereocenters. The number of benzene rings is 1. The van der Waals surface area contributed by atoms with Crippen molar-refractivity contribution < 1.29 is 0 Å². The molecule has 0 amide bonds. The third-order valence-corrected chi connectivity index (χ3v) is 6.30. The van der Waals surface area contributed by atoms with Gasteiger partial charge in [0, 0.05) is 17.2 Å². The summed E-state index contributed by atoms with van der Waals surface area (Å²) in [4.78, 5) is 5.80. The summed E-state index contributed by atoms with van der Waals surface area (Å²) >= 11 is 5.31. The molecule has 0 aliphatic heterocycles. The Morgan fingerprint density at radius 2 is 2.23 bits per heavy atom. The van der Waals surface area contributed by atoms with E-state index in [2.05, 4.69) is 62.6 Å². The van der Waals surface area contributed by atoms with Crippen molar-refractivity contribution in [3.8, 4) is 10.4 Å². The molecule has 3 atom stereocenters. The monoisotopic (exact) mass is 374 g/mol. The van der Waals surface area contributed by atoms with Gasteiger partial charge in [-0.05, 0) is 54.8 Å². The lowest BCUT2D eigenvalue weighted by molar-refractivity contribution is 0.414. The minimum atomic E-state index is 0.825. The number of fused-ring (bicyclic) bond motifs is 2. The quantitative estimate of drug-likeness (QED) is 0.754. The molecule has 1 saturated carbocycles. The number of allylic oxidation sites excluding steroid dienone is 2. The van der Waals surface area contributed by atoms with Crippen LogP contribution in [0.1, 0.15) is 17.8 Å². The number of rotatable bonds is 5. The van der Waals surface area contributed by atoms with Gasteiger partial charge in [-0.15, -0.1) is 11.3 Å². The second-order valence-corrected chi connectivity index (χ2v) is 8.33. The molecule has 1 N–H and O–H groups in total. The van der Waals surface area contributed by atoms with E-state index < -0.39 is 0 Å². The lowest BCUT2D eigenvalue weighted by Crippen LogP contribution is -2.24. The highest BCUT2D eigenvalue weighted by molar-refractivity contribution is 9.10. The van der Waals surface area contributed by atoms with Gasteiger partial charge < -0.3 is 5.32 Å². The van der Waals surface area contributed by atoms with Gasteiger partial charge in [0.15, 0.2) is 0 Å². The number of hydrogen-bond donors (Lipinski definition) is 1. The summed E-state index contributed by atoms with van der Waals surface area (Å²) in [5.74, 6) is 2.52. The molecule has 2 aromatic rings. The first kappa shape index (κ1) is 14.6. The van der Waals surface area contributed by atoms with E-state index >= 15 is 0 Å². The van der Waals surface area contributed by atoms with Gasteiger partial charge in [-0.2, -0.15) is 0 Å². The van der Waals surface area contributed by atoms with Crippen LogP contribution in [0, 0.1) is 17.8 Å². The zero-order valence-electron chi connectivity index (χ0n) is 12.3. The molecule has 1 aromatic heterocycles. The molecule has 22 heavy (non-hydrogen) atoms. The van der Waals surface area contributed by atoms with Crippen LogP contribution < -0.4 is 5.32 Å². The Bertz CT molecular complexity index is 694. The standard InChI is InChI=1S/C18H19BrN2S/c19-16-3-1-2-14(8-16)17-10-21-18(22-17)11-20-9-15-7-12-4-5-13(15)6-12/h1-5,8,10,12-13,15,20H,6-7,9,11H2. The first-order valence-corrected chi connectivity index (χ1v) is 9.48. The first-order chi connectivity index (χ1) is 10.8. The van der Waals surface area contributed by atoms with Crippen molar-refractivity contribution in [2.24, 2.45) is 17.8 Å². The molecule has 0 saturated heterocycles. The van der Waals surface area contributed by atoms with Crippen LogP contribution in [0.2, 0.25) is 0 Å². The number of halogens is 1. The van der Waals surface area contributed by atoms with E-state index in [9.17, 15) is 0 Å². The van der Waals surface area contributed by atoms with Crippen LogP contribution in [-0.2, 0) is 6.54 Å². The third kappa shape index (κ3) is 3.05. The predicted molar refractivity (Wildman–Crippen MR) is 95.8 cm³/mol. The predicted octanol–water partition coefficient (Wildman–Crippen LogP) is 4.87. The Hall–Kier alpha value is -0.970. The van der Waals surface area contributed by atoms with Gasteiger partial charge in [0.1, 0.15) is 5.01 Å². The van der Waals surface area contributed by atoms with Crippen LogP contribution in [0.4, 0.5) is 0 Å². The van der Waals surface area contributed by atoms with E-state index in [-0.39, 0.29) is 0 Å². The molecule has 0 radical (unpaired) electrons. The largest absolute Gasteiger partial charge is 0.310 e. The maximum atomic E-state index is 4.56. The molecule has 4 rings (SSSR count). The van der Waals surface area contributed by atoms with Crippen LogP contribution in [0.3, 0.4) is 0 Å². The van der Waals surface area contributed by atoms with E-state index in [1.165, 1.54) is 28.3 Å². The molecule has 1 aromatic carbocycles. The van der Waals surface area contributed by atoms with E-state index in [1.54, 1.807) is 11.3 Å². The summed E-state index contributed by atoms with van der Waals surface area (Å²) in [5, 5.41) is 4.78. The fourth-order valence-corrected chi connectivity index (χ4v) is 4.94. The average molecular weight is 375 g/mol. The highest BCUT2D eigenvalue weighted by atomic mass is 79.9. The van der Waals surface area contributed by atoms with Crippen LogP contribution >= 0.6 is 27.3 Å². The maximum absolute atomic E-state index is 4.56. The number of nitrogens with one attached hydrogen (secondary N) is 1. The number of aromatic nitrogens is 1. The minimum absolute atomic E-state index is 0.825. The van der Waals surface area contributed by atoms with Crippen LogP contribution in [0.5, 0.6) is 0 Å². The zero-order chi connectivity index (χ0) is 14.9. The highest BCUT2D eigenvalue weighted by Crippen LogP contribution is 2.43. The van der Waals surface area contributed by atoms with Gasteiger partial charge >= 0.3 is 0 Å². The summed E-state index contributed by atoms with van der Waals surface area (Å²) in [6.45, 7) is 2.01. The molecule has 2 aliphatic rings. The van der Waals surface area contributed by atoms with Crippen molar-refractivity contribution in [2.75, 3.05) is 6.54 Å². The summed E-state index contributed by atoms with van der Waals surface area (Å²) in [6.07, 6.45) is 9.58. The molecule has 114 valence electrons. The van der Waals surface area contributed by atoms with Crippen molar-refractivity contribution in [1.82, 2.24) is 10.3 Å². The van der Waals surface area contributed by atoms with Crippen molar-refractivity contribution in [2.45, 2.75) is 19.4 Å². The summed E-state index contributed by atoms with van der Waals surface area (Å²) < 4.78 is 1.11. The normalized spacial score (nSPS) is 26.0. The smallest absolute Gasteiger partial charge is 0.107 e. The Balaban J connectivity index is 1.33. The fourth-order valence-electron chi connectivity index (χ4n) is 3.66. The lowest BCUT2D eigenvalue weighted by Gasteiger charge is -2.17. The minimum Gasteiger partial charge on any atom is -0.310 e. The molecular weight excluding hydrogens is 356 g/mol. The van der Waals surface area contributed by atoms with E-state index in [0.717, 1.165) is 35.3 Å². The second-order valence-electron chi connectivity index (χ2n) is 6.30. The van der Waals surface area contributed by atoms with Gasteiger partial charge in [0.05, 0.1) is 4.88 Å². The molecular formula is C18H19BrN2S. The third-order valence-electron chi connectivity index (χ3n) is 4.76. The van der Waals surface area contributed by atoms with Crippen LogP contribution in [0.25, 0.3) is 10.4 Å². The van der Waals surface area contributed by atoms with Crippen molar-refractivity contribution in [3.63, 3.8) is 0 Å². The van der Waals surface area contributed by atoms with E-state index in [4.69, 9.17) is 0 Å². The maximum Gasteiger partial charge on any atom is 0.107 e. The van der Waals surface area contributed by atoms with Gasteiger partial charge in [-0.1, -0.05) is 40.2 Å². The number of nitrogens with zero attached hydrogens (tertiary/aromatic N) is 1. The van der Waals surface area contributed by atoms with Crippen LogP contribution in [-0.4, -0.2) is 11.5 Å². The molecule has 1 heterocycles. The average Bonchev–Trinajstić information content (AvgIpc) is 3.23. The Labute approximate surface area is 143 Å². The topological polar surface area (TPSA) is 24.9 Å². The van der Waals surface area contributed by atoms with E-state index in [1.807, 2.05) is 6.20 Å². The lowest BCUT2D eigenvalue weighted by atomic mass is 9.94. The molecule has 4 heteroatoms. The summed E-state index contributed by atoms with van der Waals surface area (Å²) in [6, 6.07) is 8.40. The van der Waals surface area contributed by atoms with Crippen molar-refractivity contribution in [1.29, 1.82) is 0 Å². The zero-order valence-corrected chi connectivity index (χ0v) is 14.7. The SMILES string of the molecule is Brc1cccc(-c2cnc(CNCC3CC4C=CC3C4)s2)c1. The molecule has 0 spiro atoms. The second kappa shape index (κ2) is 6.26. The number of hydrogen-bond acceptors (Lipinski definition) is 3. The van der Waals surface area contributed by atoms with Crippen LogP contribution in [0.15, 0.2) is 47.1 Å². The van der Waals surface area contributed by atoms with Crippen molar-refractivity contribution >= 4 is 27.3 Å². The van der Waals surface area contributed by atoms with E-state index in [0.29, 0.717) is 0 Å². The summed E-state index contributed by atoms with van der Waals surface area (Å²) in [5.41, 5.74) is 1.23. The van der Waals surface area contributed by atoms with Gasteiger partial charge in [-0.25, -0.2) is 4.98 Å². The van der Waals surface area contributed by atoms with Gasteiger partial charge in [0.25, 0.3) is 0 Å². The Morgan fingerprint density at radius 3 is 3.00 bits per heavy atom. The first-order valence-electron chi connectivity index (χ1n) is 7.87. The fraction of sp³-hybridized carbons (Fsp3) is 0.389. The molecule has 2 bridgehead atoms. The molecule has 2 nitrogen and oxygen atoms in total. The Kier molecular flexibility index (Phi) is 4.16. The van der Waals surface area contributed by atoms with Crippen molar-refractivity contribution in [3.05, 3.63) is 52.1 Å². The summed E-state index contributed by atoms with van der Waals surface area (Å²) in [7, 11) is 0. The Morgan fingerprint density at radius 1 is 1.27 bits per heavy atom. The molecule has 2 aliphatic carbocycles. The van der Waals surface area contributed by atoms with Gasteiger partial charge in [-0.3, -0.25) is 0 Å².